The van der Waals surface area contributed by atoms with Crippen LogP contribution in [0.2, 0.25) is 0 Å². The number of anilines is 2. The number of methoxy groups -OCH3 is 1. The molecule has 2 atom stereocenters. The zero-order chi connectivity index (χ0) is 28.8. The standard InChI is InChI=1S/C35H40N2O4/c1-4-6-7-16-33(39)37-30-14-10-9-13-28(30)36-29-22-25(27-12-8-11-15-32(27)41-21-5-2)23-31(38)34(29)35(37)24-17-19-26(40-3)20-18-24/h8-15,17-20,25,35-36H,4-7,16,21-23H2,1-3H3. The van der Waals surface area contributed by atoms with Crippen LogP contribution in [0.5, 0.6) is 11.5 Å². The Bertz CT molecular complexity index is 1410. The molecule has 0 saturated heterocycles. The van der Waals surface area contributed by atoms with E-state index in [0.717, 1.165) is 65.4 Å². The SMILES string of the molecule is CCCCCC(=O)N1c2ccccc2NC2=C(C(=O)CC(c3ccccc3OCCC)C2)C1c1ccc(OC)cc1. The molecule has 0 spiro atoms. The Morgan fingerprint density at radius 1 is 0.927 bits per heavy atom. The third-order valence-electron chi connectivity index (χ3n) is 8.00. The highest BCUT2D eigenvalue weighted by atomic mass is 16.5. The molecule has 0 aromatic heterocycles. The smallest absolute Gasteiger partial charge is 0.227 e. The van der Waals surface area contributed by atoms with Gasteiger partial charge in [-0.2, -0.15) is 0 Å². The number of rotatable bonds is 10. The molecule has 3 aromatic carbocycles. The van der Waals surface area contributed by atoms with Crippen LogP contribution >= 0.6 is 0 Å². The lowest BCUT2D eigenvalue weighted by Gasteiger charge is -2.35. The van der Waals surface area contributed by atoms with Crippen LogP contribution < -0.4 is 19.7 Å². The molecule has 1 aliphatic carbocycles. The van der Waals surface area contributed by atoms with Crippen LogP contribution in [0.15, 0.2) is 84.1 Å². The number of hydrogen-bond donors (Lipinski definition) is 1. The van der Waals surface area contributed by atoms with E-state index < -0.39 is 6.04 Å². The number of fused-ring (bicyclic) bond motifs is 1. The summed E-state index contributed by atoms with van der Waals surface area (Å²) in [5, 5.41) is 3.63. The lowest BCUT2D eigenvalue weighted by atomic mass is 9.78. The molecule has 0 bridgehead atoms. The van der Waals surface area contributed by atoms with Crippen molar-refractivity contribution in [2.24, 2.45) is 0 Å². The predicted octanol–water partition coefficient (Wildman–Crippen LogP) is 7.96. The van der Waals surface area contributed by atoms with Crippen molar-refractivity contribution in [3.8, 4) is 11.5 Å². The molecule has 41 heavy (non-hydrogen) atoms. The molecule has 1 amide bonds. The maximum absolute atomic E-state index is 14.3. The molecule has 6 heteroatoms. The summed E-state index contributed by atoms with van der Waals surface area (Å²) in [7, 11) is 1.64. The number of hydrogen-bond acceptors (Lipinski definition) is 5. The van der Waals surface area contributed by atoms with Crippen molar-refractivity contribution in [2.75, 3.05) is 23.9 Å². The van der Waals surface area contributed by atoms with Gasteiger partial charge in [0, 0.05) is 30.0 Å². The summed E-state index contributed by atoms with van der Waals surface area (Å²) in [5.41, 5.74) is 5.10. The molecular weight excluding hydrogens is 512 g/mol. The predicted molar refractivity (Wildman–Crippen MR) is 164 cm³/mol. The molecule has 3 aromatic rings. The monoisotopic (exact) mass is 552 g/mol. The van der Waals surface area contributed by atoms with Gasteiger partial charge in [0.1, 0.15) is 11.5 Å². The molecule has 1 N–H and O–H groups in total. The number of carbonyl (C=O) groups excluding carboxylic acids is 2. The van der Waals surface area contributed by atoms with E-state index in [9.17, 15) is 9.59 Å². The van der Waals surface area contributed by atoms with Crippen molar-refractivity contribution in [3.63, 3.8) is 0 Å². The second kappa shape index (κ2) is 13.1. The van der Waals surface area contributed by atoms with Crippen molar-refractivity contribution in [1.82, 2.24) is 0 Å². The van der Waals surface area contributed by atoms with Crippen LogP contribution in [0.3, 0.4) is 0 Å². The molecule has 214 valence electrons. The second-order valence-corrected chi connectivity index (χ2v) is 10.8. The van der Waals surface area contributed by atoms with E-state index >= 15 is 0 Å². The number of ether oxygens (including phenoxy) is 2. The number of Topliss-reactive ketones (excluding diaryl/α,β-unsaturated/α-hetero) is 1. The number of ketones is 1. The van der Waals surface area contributed by atoms with Gasteiger partial charge < -0.3 is 14.8 Å². The lowest BCUT2D eigenvalue weighted by molar-refractivity contribution is -0.119. The van der Waals surface area contributed by atoms with Crippen LogP contribution in [-0.2, 0) is 9.59 Å². The first-order valence-electron chi connectivity index (χ1n) is 14.9. The first-order chi connectivity index (χ1) is 20.0. The Morgan fingerprint density at radius 2 is 1.68 bits per heavy atom. The van der Waals surface area contributed by atoms with Crippen LogP contribution in [-0.4, -0.2) is 25.4 Å². The fourth-order valence-corrected chi connectivity index (χ4v) is 5.99. The number of amides is 1. The van der Waals surface area contributed by atoms with Crippen molar-refractivity contribution >= 4 is 23.1 Å². The van der Waals surface area contributed by atoms with Gasteiger partial charge in [-0.15, -0.1) is 0 Å². The van der Waals surface area contributed by atoms with Crippen molar-refractivity contribution in [1.29, 1.82) is 0 Å². The summed E-state index contributed by atoms with van der Waals surface area (Å²) in [6.45, 7) is 4.85. The first-order valence-corrected chi connectivity index (χ1v) is 14.9. The van der Waals surface area contributed by atoms with Crippen molar-refractivity contribution in [2.45, 2.75) is 70.8 Å². The normalized spacial score (nSPS) is 18.2. The van der Waals surface area contributed by atoms with Gasteiger partial charge in [-0.3, -0.25) is 14.5 Å². The van der Waals surface area contributed by atoms with E-state index in [1.165, 1.54) is 0 Å². The van der Waals surface area contributed by atoms with Gasteiger partial charge in [0.25, 0.3) is 0 Å². The minimum atomic E-state index is -0.541. The second-order valence-electron chi connectivity index (χ2n) is 10.8. The number of allylic oxidation sites excluding steroid dienone is 1. The molecule has 1 aliphatic heterocycles. The maximum Gasteiger partial charge on any atom is 0.227 e. The molecule has 1 heterocycles. The molecule has 5 rings (SSSR count). The van der Waals surface area contributed by atoms with E-state index in [-0.39, 0.29) is 17.6 Å². The molecule has 0 saturated carbocycles. The van der Waals surface area contributed by atoms with Gasteiger partial charge in [0.05, 0.1) is 31.1 Å². The summed E-state index contributed by atoms with van der Waals surface area (Å²) in [6.07, 6.45) is 5.17. The third-order valence-corrected chi connectivity index (χ3v) is 8.00. The van der Waals surface area contributed by atoms with E-state index in [2.05, 4.69) is 25.2 Å². The fourth-order valence-electron chi connectivity index (χ4n) is 5.99. The largest absolute Gasteiger partial charge is 0.497 e. The summed E-state index contributed by atoms with van der Waals surface area (Å²) in [5.74, 6) is 1.61. The summed E-state index contributed by atoms with van der Waals surface area (Å²) < 4.78 is 11.5. The van der Waals surface area contributed by atoms with E-state index in [4.69, 9.17) is 9.47 Å². The number of carbonyl (C=O) groups is 2. The molecule has 0 radical (unpaired) electrons. The van der Waals surface area contributed by atoms with Crippen LogP contribution in [0.25, 0.3) is 0 Å². The van der Waals surface area contributed by atoms with Gasteiger partial charge in [-0.05, 0) is 60.7 Å². The zero-order valence-corrected chi connectivity index (χ0v) is 24.3. The fraction of sp³-hybridized carbons (Fsp3) is 0.371. The van der Waals surface area contributed by atoms with E-state index in [0.29, 0.717) is 31.4 Å². The number of para-hydroxylation sites is 3. The van der Waals surface area contributed by atoms with Crippen LogP contribution in [0, 0.1) is 0 Å². The Labute approximate surface area is 243 Å². The molecular formula is C35H40N2O4. The summed E-state index contributed by atoms with van der Waals surface area (Å²) in [6, 6.07) is 23.2. The van der Waals surface area contributed by atoms with Crippen molar-refractivity contribution < 1.29 is 19.1 Å². The number of nitrogens with zero attached hydrogens (tertiary/aromatic N) is 1. The quantitative estimate of drug-likeness (QED) is 0.258. The first kappa shape index (κ1) is 28.5. The maximum atomic E-state index is 14.3. The average molecular weight is 553 g/mol. The topological polar surface area (TPSA) is 67.9 Å². The van der Waals surface area contributed by atoms with Gasteiger partial charge in [0.2, 0.25) is 5.91 Å². The Kier molecular flexibility index (Phi) is 9.07. The highest BCUT2D eigenvalue weighted by molar-refractivity contribution is 6.06. The summed E-state index contributed by atoms with van der Waals surface area (Å²) >= 11 is 0. The number of unbranched alkanes of at least 4 members (excludes halogenated alkanes) is 2. The van der Waals surface area contributed by atoms with Gasteiger partial charge in [-0.25, -0.2) is 0 Å². The van der Waals surface area contributed by atoms with Crippen LogP contribution in [0.1, 0.15) is 81.9 Å². The van der Waals surface area contributed by atoms with E-state index in [1.807, 2.05) is 71.6 Å². The van der Waals surface area contributed by atoms with Gasteiger partial charge >= 0.3 is 0 Å². The Morgan fingerprint density at radius 3 is 2.44 bits per heavy atom. The van der Waals surface area contributed by atoms with E-state index in [1.54, 1.807) is 7.11 Å². The van der Waals surface area contributed by atoms with Crippen LogP contribution in [0.4, 0.5) is 11.4 Å². The summed E-state index contributed by atoms with van der Waals surface area (Å²) in [4.78, 5) is 30.2. The Hall–Kier alpha value is -4.06. The number of nitrogens with one attached hydrogen (secondary N) is 1. The molecule has 2 aliphatic rings. The molecule has 0 fully saturated rings. The van der Waals surface area contributed by atoms with Gasteiger partial charge in [0.15, 0.2) is 5.78 Å². The minimum Gasteiger partial charge on any atom is -0.497 e. The number of benzene rings is 3. The highest BCUT2D eigenvalue weighted by Crippen LogP contribution is 2.48. The van der Waals surface area contributed by atoms with Crippen molar-refractivity contribution in [3.05, 3.63) is 95.2 Å². The molecule has 2 unspecified atom stereocenters. The highest BCUT2D eigenvalue weighted by Gasteiger charge is 2.41. The third kappa shape index (κ3) is 6.02. The van der Waals surface area contributed by atoms with Gasteiger partial charge in [-0.1, -0.05) is 69.2 Å². The zero-order valence-electron chi connectivity index (χ0n) is 24.3. The average Bonchev–Trinajstić information content (AvgIpc) is 3.15. The minimum absolute atomic E-state index is 0.0236. The molecule has 6 nitrogen and oxygen atoms in total. The Balaban J connectivity index is 1.63. The lowest BCUT2D eigenvalue weighted by Crippen LogP contribution is -2.38.